The van der Waals surface area contributed by atoms with E-state index in [4.69, 9.17) is 5.16 Å². The average Bonchev–Trinajstić information content (AvgIpc) is 1.61. The fraction of sp³-hybridized carbons (Fsp3) is 1.00. The van der Waals surface area contributed by atoms with Crippen LogP contribution in [0.15, 0.2) is 0 Å². The summed E-state index contributed by atoms with van der Waals surface area (Å²) < 4.78 is 0. The zero-order valence-corrected chi connectivity index (χ0v) is 6.19. The van der Waals surface area contributed by atoms with E-state index in [9.17, 15) is 0 Å². The van der Waals surface area contributed by atoms with Crippen LogP contribution in [0, 0.1) is 5.16 Å². The van der Waals surface area contributed by atoms with Crippen molar-refractivity contribution < 1.29 is 0 Å². The van der Waals surface area contributed by atoms with E-state index in [-0.39, 0.29) is 0 Å². The van der Waals surface area contributed by atoms with E-state index < -0.39 is 6.92 Å². The van der Waals surface area contributed by atoms with Crippen molar-refractivity contribution in [3.8, 4) is 0 Å². The number of unbranched alkanes of at least 4 members (excludes halogenated alkanes) is 1. The molecule has 1 atom stereocenters. The minimum Gasteiger partial charge on any atom is -0.469 e. The summed E-state index contributed by atoms with van der Waals surface area (Å²) in [5, 5.41) is 6.96. The van der Waals surface area contributed by atoms with Crippen molar-refractivity contribution in [2.24, 2.45) is 0 Å². The van der Waals surface area contributed by atoms with E-state index in [1.54, 1.807) is 0 Å². The lowest BCUT2D eigenvalue weighted by Crippen LogP contribution is -1.71. The van der Waals surface area contributed by atoms with Crippen LogP contribution in [0.1, 0.15) is 19.8 Å². The van der Waals surface area contributed by atoms with Gasteiger partial charge in [0.05, 0.1) is 6.92 Å². The Morgan fingerprint density at radius 2 is 2.29 bits per heavy atom. The van der Waals surface area contributed by atoms with E-state index in [0.29, 0.717) is 0 Å². The zero-order chi connectivity index (χ0) is 5.70. The maximum absolute atomic E-state index is 6.96. The first kappa shape index (κ1) is 7.45. The Balaban J connectivity index is 2.82. The molecular weight excluding hydrogens is 125 g/mol. The molecule has 0 fully saturated rings. The highest BCUT2D eigenvalue weighted by Crippen LogP contribution is 2.17. The molecule has 0 aromatic carbocycles. The smallest absolute Gasteiger partial charge is 0.105 e. The first-order valence-corrected chi connectivity index (χ1v) is 4.97. The van der Waals surface area contributed by atoms with Crippen molar-refractivity contribution in [1.82, 2.24) is 0 Å². The Hall–Kier alpha value is 0.450. The molecule has 0 aromatic heterocycles. The van der Waals surface area contributed by atoms with Crippen molar-refractivity contribution in [2.75, 3.05) is 6.16 Å². The van der Waals surface area contributed by atoms with Crippen molar-refractivity contribution in [3.05, 3.63) is 0 Å². The second kappa shape index (κ2) is 4.61. The van der Waals surface area contributed by atoms with Gasteiger partial charge in [-0.05, 0) is 6.42 Å². The Bertz CT molecular complexity index is 64.7. The Labute approximate surface area is 50.9 Å². The second-order valence-corrected chi connectivity index (χ2v) is 3.98. The summed E-state index contributed by atoms with van der Waals surface area (Å²) in [4.78, 5) is 0. The molecule has 0 amide bonds. The van der Waals surface area contributed by atoms with Gasteiger partial charge in [0.25, 0.3) is 0 Å². The van der Waals surface area contributed by atoms with Crippen LogP contribution in [0.4, 0.5) is 0 Å². The molecule has 0 aromatic rings. The van der Waals surface area contributed by atoms with Gasteiger partial charge in [0.1, 0.15) is 6.16 Å². The number of hydrogen-bond acceptors (Lipinski definition) is 2. The molecule has 1 nitrogen and oxygen atoms in total. The van der Waals surface area contributed by atoms with Crippen LogP contribution in [0.3, 0.4) is 0 Å². The summed E-state index contributed by atoms with van der Waals surface area (Å²) in [5.74, 6) is 0. The molecule has 0 saturated heterocycles. The molecule has 0 saturated carbocycles. The lowest BCUT2D eigenvalue weighted by molar-refractivity contribution is 0.894. The normalized spacial score (nSPS) is 11.4. The van der Waals surface area contributed by atoms with Gasteiger partial charge in [-0.2, -0.15) is 0 Å². The maximum Gasteiger partial charge on any atom is 0.105 e. The molecule has 1 unspecified atom stereocenters. The molecule has 0 aliphatic heterocycles. The lowest BCUT2D eigenvalue weighted by Gasteiger charge is -1.88. The van der Waals surface area contributed by atoms with Gasteiger partial charge in [-0.25, -0.2) is 0 Å². The van der Waals surface area contributed by atoms with Gasteiger partial charge >= 0.3 is 0 Å². The van der Waals surface area contributed by atoms with Crippen LogP contribution in [-0.4, -0.2) is 6.16 Å². The number of nitrogens with one attached hydrogen (secondary N) is 1. The molecule has 0 spiro atoms. The van der Waals surface area contributed by atoms with Crippen LogP contribution in [-0.2, 0) is 12.2 Å². The van der Waals surface area contributed by atoms with Gasteiger partial charge in [-0.1, -0.05) is 13.3 Å². The van der Waals surface area contributed by atoms with Crippen LogP contribution in [0.2, 0.25) is 0 Å². The molecule has 7 heavy (non-hydrogen) atoms. The summed E-state index contributed by atoms with van der Waals surface area (Å²) in [6.07, 6.45) is 3.26. The molecule has 42 valence electrons. The zero-order valence-electron chi connectivity index (χ0n) is 4.48. The van der Waals surface area contributed by atoms with Crippen LogP contribution in [0.5, 0.6) is 0 Å². The summed E-state index contributed by atoms with van der Waals surface area (Å²) >= 11 is 4.68. The van der Waals surface area contributed by atoms with E-state index >= 15 is 0 Å². The average molecular weight is 135 g/mol. The fourth-order valence-electron chi connectivity index (χ4n) is 0.302. The predicted molar refractivity (Wildman–Crippen MR) is 36.8 cm³/mol. The molecule has 0 radical (unpaired) electrons. The van der Waals surface area contributed by atoms with E-state index in [2.05, 4.69) is 19.2 Å². The number of hydrogen-bond donors (Lipinski definition) is 1. The van der Waals surface area contributed by atoms with Gasteiger partial charge in [-0.15, -0.1) is 5.16 Å². The highest BCUT2D eigenvalue weighted by atomic mass is 32.7. The third kappa shape index (κ3) is 6.45. The molecule has 0 aliphatic rings. The van der Waals surface area contributed by atoms with Crippen LogP contribution < -0.4 is 0 Å². The monoisotopic (exact) mass is 135 g/mol. The standard InChI is InChI=1S/C4H10NPS/c1-2-3-4-6(5)7/h5H,2-4H2,1H3. The van der Waals surface area contributed by atoms with Gasteiger partial charge in [0.2, 0.25) is 0 Å². The summed E-state index contributed by atoms with van der Waals surface area (Å²) in [6.45, 7) is 1.35. The van der Waals surface area contributed by atoms with E-state index in [1.807, 2.05) is 0 Å². The molecule has 0 rings (SSSR count). The predicted octanol–water partition coefficient (Wildman–Crippen LogP) is 2.49. The molecule has 0 aliphatic carbocycles. The van der Waals surface area contributed by atoms with Crippen molar-refractivity contribution in [2.45, 2.75) is 19.8 Å². The van der Waals surface area contributed by atoms with Crippen LogP contribution >= 0.6 is 6.92 Å². The highest BCUT2D eigenvalue weighted by molar-refractivity contribution is 8.28. The third-order valence-corrected chi connectivity index (χ3v) is 1.98. The first-order valence-electron chi connectivity index (χ1n) is 2.43. The van der Waals surface area contributed by atoms with E-state index in [0.717, 1.165) is 12.6 Å². The lowest BCUT2D eigenvalue weighted by atomic mass is 10.4. The van der Waals surface area contributed by atoms with E-state index in [1.165, 1.54) is 6.42 Å². The Morgan fingerprint density at radius 3 is 2.43 bits per heavy atom. The Morgan fingerprint density at radius 1 is 1.71 bits per heavy atom. The quantitative estimate of drug-likeness (QED) is 0.466. The molecule has 3 heteroatoms. The fourth-order valence-corrected chi connectivity index (χ4v) is 1.29. The number of rotatable bonds is 3. The third-order valence-electron chi connectivity index (χ3n) is 0.715. The van der Waals surface area contributed by atoms with Crippen molar-refractivity contribution >= 4 is 19.2 Å². The van der Waals surface area contributed by atoms with Gasteiger partial charge in [0, 0.05) is 0 Å². The summed E-state index contributed by atoms with van der Waals surface area (Å²) in [5.41, 5.74) is 0. The molecule has 0 heterocycles. The molecule has 0 bridgehead atoms. The van der Waals surface area contributed by atoms with Crippen molar-refractivity contribution in [3.63, 3.8) is 0 Å². The van der Waals surface area contributed by atoms with Gasteiger partial charge in [0.15, 0.2) is 0 Å². The largest absolute Gasteiger partial charge is 0.469 e. The Kier molecular flexibility index (Phi) is 4.90. The molecule has 1 N–H and O–H groups in total. The minimum atomic E-state index is -0.773. The summed E-state index contributed by atoms with van der Waals surface area (Å²) in [6, 6.07) is 0. The minimum absolute atomic E-state index is 0.773. The highest BCUT2D eigenvalue weighted by Gasteiger charge is 1.86. The second-order valence-electron chi connectivity index (χ2n) is 1.46. The summed E-state index contributed by atoms with van der Waals surface area (Å²) in [7, 11) is 0. The first-order chi connectivity index (χ1) is 3.27. The molecular formula is C4H10NPS. The SMILES string of the molecule is CCCC[P+](=N)[S-]. The van der Waals surface area contributed by atoms with Crippen molar-refractivity contribution in [1.29, 1.82) is 5.16 Å². The topological polar surface area (TPSA) is 23.9 Å². The van der Waals surface area contributed by atoms with Gasteiger partial charge < -0.3 is 12.2 Å². The maximum atomic E-state index is 6.96. The van der Waals surface area contributed by atoms with Crippen LogP contribution in [0.25, 0.3) is 0 Å². The van der Waals surface area contributed by atoms with Gasteiger partial charge in [-0.3, -0.25) is 0 Å².